The van der Waals surface area contributed by atoms with Crippen LogP contribution in [-0.4, -0.2) is 35.3 Å². The van der Waals surface area contributed by atoms with Gasteiger partial charge in [-0.1, -0.05) is 28.0 Å². The third-order valence-electron chi connectivity index (χ3n) is 2.45. The molecule has 3 nitrogen and oxygen atoms in total. The van der Waals surface area contributed by atoms with E-state index < -0.39 is 0 Å². The summed E-state index contributed by atoms with van der Waals surface area (Å²) >= 11 is 0. The number of carbonyl (C=O) groups excluding carboxylic acids is 1. The van der Waals surface area contributed by atoms with Gasteiger partial charge in [0.15, 0.2) is 0 Å². The van der Waals surface area contributed by atoms with E-state index in [1.807, 2.05) is 21.6 Å². The van der Waals surface area contributed by atoms with Crippen molar-refractivity contribution in [3.63, 3.8) is 0 Å². The van der Waals surface area contributed by atoms with Crippen molar-refractivity contribution in [1.29, 1.82) is 0 Å². The van der Waals surface area contributed by atoms with E-state index in [1.165, 1.54) is 18.6 Å². The first-order valence-electron chi connectivity index (χ1n) is 5.87. The van der Waals surface area contributed by atoms with E-state index in [4.69, 9.17) is 9.84 Å². The molecule has 0 aliphatic carbocycles. The van der Waals surface area contributed by atoms with Crippen LogP contribution in [0.3, 0.4) is 0 Å². The maximum Gasteiger partial charge on any atom is 0.305 e. The van der Waals surface area contributed by atoms with Crippen LogP contribution in [0, 0.1) is 0 Å². The molecule has 94 valence electrons. The van der Waals surface area contributed by atoms with Crippen LogP contribution in [0.5, 0.6) is 0 Å². The first kappa shape index (κ1) is 14.2. The van der Waals surface area contributed by atoms with Crippen molar-refractivity contribution < 1.29 is 14.6 Å². The Kier molecular flexibility index (Phi) is 8.15. The fourth-order valence-electron chi connectivity index (χ4n) is 1.53. The molecule has 0 aromatic carbocycles. The number of hydrogen-bond donors (Lipinski definition) is 1. The summed E-state index contributed by atoms with van der Waals surface area (Å²) in [6.45, 7) is 0.439. The maximum absolute atomic E-state index is 11.2. The molecule has 16 heavy (non-hydrogen) atoms. The van der Waals surface area contributed by atoms with Gasteiger partial charge < -0.3 is 9.84 Å². The van der Waals surface area contributed by atoms with Gasteiger partial charge in [-0.3, -0.25) is 4.79 Å². The molecule has 0 saturated carbocycles. The van der Waals surface area contributed by atoms with Gasteiger partial charge in [-0.05, 0) is 19.3 Å². The highest BCUT2D eigenvalue weighted by atomic mass is 33.1. The van der Waals surface area contributed by atoms with Crippen LogP contribution in [0.1, 0.15) is 38.5 Å². The fraction of sp³-hybridized carbons (Fsp3) is 0.909. The Balaban J connectivity index is 1.87. The predicted octanol–water partition coefficient (Wildman–Crippen LogP) is 2.63. The minimum absolute atomic E-state index is 0.0872. The van der Waals surface area contributed by atoms with Crippen molar-refractivity contribution in [3.05, 3.63) is 0 Å². The lowest BCUT2D eigenvalue weighted by molar-refractivity contribution is -0.144. The topological polar surface area (TPSA) is 46.5 Å². The maximum atomic E-state index is 11.2. The monoisotopic (exact) mass is 264 g/mol. The van der Waals surface area contributed by atoms with E-state index >= 15 is 0 Å². The Morgan fingerprint density at radius 3 is 2.94 bits per heavy atom. The third-order valence-corrected chi connectivity index (χ3v) is 5.46. The standard InChI is InChI=1S/C11H20O3S2/c12-7-3-8-14-11(13)5-2-1-4-10-6-9-15-16-10/h10,12H,1-9H2/t10-/m1/s1. The highest BCUT2D eigenvalue weighted by molar-refractivity contribution is 8.77. The average molecular weight is 264 g/mol. The Bertz CT molecular complexity index is 194. The van der Waals surface area contributed by atoms with Crippen molar-refractivity contribution in [2.75, 3.05) is 19.0 Å². The Morgan fingerprint density at radius 2 is 2.25 bits per heavy atom. The summed E-state index contributed by atoms with van der Waals surface area (Å²) in [6, 6.07) is 0. The minimum Gasteiger partial charge on any atom is -0.466 e. The lowest BCUT2D eigenvalue weighted by atomic mass is 10.1. The Hall–Kier alpha value is 0.130. The van der Waals surface area contributed by atoms with Crippen molar-refractivity contribution in [2.24, 2.45) is 0 Å². The highest BCUT2D eigenvalue weighted by Gasteiger charge is 2.15. The number of aliphatic hydroxyl groups excluding tert-OH is 1. The molecule has 0 radical (unpaired) electrons. The van der Waals surface area contributed by atoms with E-state index in [1.54, 1.807) is 0 Å². The summed E-state index contributed by atoms with van der Waals surface area (Å²) in [5, 5.41) is 9.32. The molecule has 0 aromatic rings. The van der Waals surface area contributed by atoms with Crippen molar-refractivity contribution in [1.82, 2.24) is 0 Å². The third kappa shape index (κ3) is 6.66. The van der Waals surface area contributed by atoms with Gasteiger partial charge in [0.2, 0.25) is 0 Å². The largest absolute Gasteiger partial charge is 0.466 e. The molecule has 1 fully saturated rings. The van der Waals surface area contributed by atoms with Gasteiger partial charge in [0.05, 0.1) is 6.61 Å². The van der Waals surface area contributed by atoms with Crippen LogP contribution in [0.2, 0.25) is 0 Å². The second-order valence-electron chi connectivity index (χ2n) is 3.87. The summed E-state index contributed by atoms with van der Waals surface area (Å²) in [5.74, 6) is 1.15. The molecule has 1 saturated heterocycles. The van der Waals surface area contributed by atoms with Crippen LogP contribution < -0.4 is 0 Å². The number of rotatable bonds is 8. The molecule has 1 aliphatic rings. The van der Waals surface area contributed by atoms with Crippen molar-refractivity contribution in [3.8, 4) is 0 Å². The van der Waals surface area contributed by atoms with E-state index in [2.05, 4.69) is 0 Å². The first-order valence-corrected chi connectivity index (χ1v) is 8.26. The van der Waals surface area contributed by atoms with Gasteiger partial charge in [0, 0.05) is 30.5 Å². The van der Waals surface area contributed by atoms with E-state index in [0.29, 0.717) is 19.4 Å². The second kappa shape index (κ2) is 9.19. The number of hydrogen-bond acceptors (Lipinski definition) is 5. The molecule has 1 aliphatic heterocycles. The van der Waals surface area contributed by atoms with Gasteiger partial charge in [-0.2, -0.15) is 0 Å². The van der Waals surface area contributed by atoms with Gasteiger partial charge >= 0.3 is 5.97 Å². The molecule has 5 heteroatoms. The predicted molar refractivity (Wildman–Crippen MR) is 69.6 cm³/mol. The summed E-state index contributed by atoms with van der Waals surface area (Å²) < 4.78 is 4.95. The minimum atomic E-state index is -0.123. The first-order chi connectivity index (χ1) is 7.83. The number of ether oxygens (including phenoxy) is 1. The number of aliphatic hydroxyl groups is 1. The second-order valence-corrected chi connectivity index (χ2v) is 6.66. The fourth-order valence-corrected chi connectivity index (χ4v) is 4.56. The molecule has 0 spiro atoms. The summed E-state index contributed by atoms with van der Waals surface area (Å²) in [4.78, 5) is 11.2. The summed E-state index contributed by atoms with van der Waals surface area (Å²) in [7, 11) is 3.95. The van der Waals surface area contributed by atoms with E-state index in [-0.39, 0.29) is 12.6 Å². The molecular weight excluding hydrogens is 244 g/mol. The highest BCUT2D eigenvalue weighted by Crippen LogP contribution is 2.39. The zero-order valence-electron chi connectivity index (χ0n) is 9.52. The number of esters is 1. The van der Waals surface area contributed by atoms with Crippen LogP contribution in [0.4, 0.5) is 0 Å². The van der Waals surface area contributed by atoms with Crippen molar-refractivity contribution >= 4 is 27.6 Å². The Labute approximate surface area is 105 Å². The molecule has 0 amide bonds. The molecular formula is C11H20O3S2. The van der Waals surface area contributed by atoms with Crippen LogP contribution >= 0.6 is 21.6 Å². The molecule has 1 heterocycles. The lowest BCUT2D eigenvalue weighted by Crippen LogP contribution is -2.07. The lowest BCUT2D eigenvalue weighted by Gasteiger charge is -2.06. The molecule has 1 rings (SSSR count). The molecule has 0 unspecified atom stereocenters. The smallest absolute Gasteiger partial charge is 0.305 e. The quantitative estimate of drug-likeness (QED) is 0.415. The van der Waals surface area contributed by atoms with Gasteiger partial charge in [0.25, 0.3) is 0 Å². The summed E-state index contributed by atoms with van der Waals surface area (Å²) in [6.07, 6.45) is 5.66. The molecule has 0 bridgehead atoms. The number of unbranched alkanes of at least 4 members (excludes halogenated alkanes) is 1. The average Bonchev–Trinajstić information content (AvgIpc) is 2.78. The van der Waals surface area contributed by atoms with Crippen LogP contribution in [0.25, 0.3) is 0 Å². The number of carbonyl (C=O) groups is 1. The zero-order valence-corrected chi connectivity index (χ0v) is 11.2. The SMILES string of the molecule is O=C(CCCC[C@@H]1CCSS1)OCCCO. The molecule has 1 atom stereocenters. The van der Waals surface area contributed by atoms with E-state index in [9.17, 15) is 4.79 Å². The normalized spacial score (nSPS) is 19.9. The van der Waals surface area contributed by atoms with Gasteiger partial charge in [-0.15, -0.1) is 0 Å². The summed E-state index contributed by atoms with van der Waals surface area (Å²) in [5.41, 5.74) is 0. The van der Waals surface area contributed by atoms with Crippen LogP contribution in [-0.2, 0) is 9.53 Å². The van der Waals surface area contributed by atoms with Crippen molar-refractivity contribution in [2.45, 2.75) is 43.8 Å². The molecule has 0 aromatic heterocycles. The van der Waals surface area contributed by atoms with Gasteiger partial charge in [-0.25, -0.2) is 0 Å². The van der Waals surface area contributed by atoms with Crippen LogP contribution in [0.15, 0.2) is 0 Å². The van der Waals surface area contributed by atoms with E-state index in [0.717, 1.165) is 18.1 Å². The Morgan fingerprint density at radius 1 is 1.38 bits per heavy atom. The molecule has 1 N–H and O–H groups in total. The zero-order chi connectivity index (χ0) is 11.6. The van der Waals surface area contributed by atoms with Gasteiger partial charge in [0.1, 0.15) is 0 Å².